The Morgan fingerprint density at radius 1 is 0.511 bits per heavy atom. The van der Waals surface area contributed by atoms with Crippen LogP contribution in [-0.2, 0) is 14.3 Å². The smallest absolute Gasteiger partial charge is 0.306 e. The van der Waals surface area contributed by atoms with Crippen LogP contribution in [-0.4, -0.2) is 23.1 Å². The molecule has 0 aromatic rings. The number of aliphatic carboxylic acids is 1. The number of allylic oxidation sites excluding steroid dienone is 12. The van der Waals surface area contributed by atoms with E-state index < -0.39 is 5.97 Å². The maximum Gasteiger partial charge on any atom is 0.306 e. The van der Waals surface area contributed by atoms with Crippen molar-refractivity contribution in [2.75, 3.05) is 0 Å². The highest BCUT2D eigenvalue weighted by Crippen LogP contribution is 2.17. The fourth-order valence-corrected chi connectivity index (χ4v) is 5.01. The highest BCUT2D eigenvalue weighted by molar-refractivity contribution is 5.69. The number of carboxylic acids is 1. The summed E-state index contributed by atoms with van der Waals surface area (Å²) in [4.78, 5) is 23.1. The first-order valence-electron chi connectivity index (χ1n) is 18.4. The fourth-order valence-electron chi connectivity index (χ4n) is 5.01. The molecule has 1 atom stereocenters. The van der Waals surface area contributed by atoms with E-state index in [2.05, 4.69) is 86.8 Å². The molecule has 0 aliphatic carbocycles. The second-order valence-corrected chi connectivity index (χ2v) is 12.0. The zero-order chi connectivity index (χ0) is 32.9. The number of carboxylic acid groups (broad SMARTS) is 1. The van der Waals surface area contributed by atoms with Gasteiger partial charge in [-0.2, -0.15) is 0 Å². The van der Waals surface area contributed by atoms with Gasteiger partial charge in [0.2, 0.25) is 0 Å². The van der Waals surface area contributed by atoms with Gasteiger partial charge in [-0.1, -0.05) is 138 Å². The summed E-state index contributed by atoms with van der Waals surface area (Å²) in [6, 6.07) is 0. The van der Waals surface area contributed by atoms with E-state index in [1.54, 1.807) is 0 Å². The Morgan fingerprint density at radius 3 is 1.42 bits per heavy atom. The number of esters is 1. The van der Waals surface area contributed by atoms with E-state index in [9.17, 15) is 9.59 Å². The molecule has 0 aromatic heterocycles. The van der Waals surface area contributed by atoms with Crippen LogP contribution >= 0.6 is 0 Å². The van der Waals surface area contributed by atoms with Crippen molar-refractivity contribution in [3.8, 4) is 0 Å². The SMILES string of the molecule is CC/C=C\C/C=C\C/C=C\C/C=C\C/C=C\C/C=C\CCCCC(=O)OC(CCCCC)CCCCCCCCCCC(=O)O. The molecule has 0 fully saturated rings. The van der Waals surface area contributed by atoms with Crippen LogP contribution in [0.4, 0.5) is 0 Å². The molecule has 0 aliphatic rings. The largest absolute Gasteiger partial charge is 0.481 e. The van der Waals surface area contributed by atoms with Gasteiger partial charge in [-0.05, 0) is 89.9 Å². The maximum absolute atomic E-state index is 12.5. The minimum atomic E-state index is -0.690. The molecule has 0 amide bonds. The van der Waals surface area contributed by atoms with Crippen molar-refractivity contribution >= 4 is 11.9 Å². The quantitative estimate of drug-likeness (QED) is 0.0459. The molecule has 0 aliphatic heterocycles. The lowest BCUT2D eigenvalue weighted by molar-refractivity contribution is -0.150. The molecule has 0 bridgehead atoms. The normalized spacial score (nSPS) is 13.1. The number of carbonyl (C=O) groups excluding carboxylic acids is 1. The van der Waals surface area contributed by atoms with Crippen LogP contribution < -0.4 is 0 Å². The average Bonchev–Trinajstić information content (AvgIpc) is 3.02. The second kappa shape index (κ2) is 35.9. The number of carbonyl (C=O) groups is 2. The Kier molecular flexibility index (Phi) is 33.8. The summed E-state index contributed by atoms with van der Waals surface area (Å²) < 4.78 is 5.90. The predicted octanol–water partition coefficient (Wildman–Crippen LogP) is 12.7. The summed E-state index contributed by atoms with van der Waals surface area (Å²) in [6.45, 7) is 4.37. The third-order valence-electron chi connectivity index (χ3n) is 7.69. The summed E-state index contributed by atoms with van der Waals surface area (Å²) >= 11 is 0. The van der Waals surface area contributed by atoms with Gasteiger partial charge in [0.1, 0.15) is 6.10 Å². The molecule has 0 radical (unpaired) electrons. The van der Waals surface area contributed by atoms with E-state index in [0.717, 1.165) is 103 Å². The van der Waals surface area contributed by atoms with Gasteiger partial charge in [0.15, 0.2) is 0 Å². The van der Waals surface area contributed by atoms with Crippen LogP contribution in [0.3, 0.4) is 0 Å². The van der Waals surface area contributed by atoms with E-state index in [1.165, 1.54) is 38.5 Å². The zero-order valence-electron chi connectivity index (χ0n) is 29.1. The van der Waals surface area contributed by atoms with Crippen LogP contribution in [0.5, 0.6) is 0 Å². The van der Waals surface area contributed by atoms with Crippen molar-refractivity contribution in [2.45, 2.75) is 174 Å². The maximum atomic E-state index is 12.5. The fraction of sp³-hybridized carbons (Fsp3) is 0.659. The molecule has 1 unspecified atom stereocenters. The zero-order valence-corrected chi connectivity index (χ0v) is 29.1. The summed E-state index contributed by atoms with van der Waals surface area (Å²) in [7, 11) is 0. The topological polar surface area (TPSA) is 63.6 Å². The molecule has 4 nitrogen and oxygen atoms in total. The number of hydrogen-bond donors (Lipinski definition) is 1. The van der Waals surface area contributed by atoms with Gasteiger partial charge in [0, 0.05) is 12.8 Å². The van der Waals surface area contributed by atoms with Crippen molar-refractivity contribution in [1.29, 1.82) is 0 Å². The van der Waals surface area contributed by atoms with Gasteiger partial charge >= 0.3 is 11.9 Å². The summed E-state index contributed by atoms with van der Waals surface area (Å²) in [5, 5.41) is 8.70. The van der Waals surface area contributed by atoms with E-state index in [1.807, 2.05) is 0 Å². The standard InChI is InChI=1S/C41H68O4/c1-3-5-7-8-9-10-11-12-13-14-15-16-17-18-19-20-21-22-27-30-34-38-41(44)45-39(35-31-6-4-2)36-32-28-25-23-24-26-29-33-37-40(42)43/h5,7,9-10,12-13,15-16,18-19,21-22,39H,3-4,6,8,11,14,17,20,23-38H2,1-2H3,(H,42,43)/b7-5-,10-9-,13-12-,16-15-,19-18-,22-21-. The van der Waals surface area contributed by atoms with Crippen molar-refractivity contribution < 1.29 is 19.4 Å². The van der Waals surface area contributed by atoms with Crippen molar-refractivity contribution in [3.05, 3.63) is 72.9 Å². The molecular formula is C41H68O4. The Balaban J connectivity index is 3.88. The Hall–Kier alpha value is -2.62. The minimum absolute atomic E-state index is 0.0272. The van der Waals surface area contributed by atoms with E-state index >= 15 is 0 Å². The van der Waals surface area contributed by atoms with Crippen molar-refractivity contribution in [3.63, 3.8) is 0 Å². The molecule has 0 saturated heterocycles. The van der Waals surface area contributed by atoms with Crippen LogP contribution in [0, 0.1) is 0 Å². The first-order chi connectivity index (χ1) is 22.1. The van der Waals surface area contributed by atoms with Crippen molar-refractivity contribution in [2.24, 2.45) is 0 Å². The van der Waals surface area contributed by atoms with Gasteiger partial charge < -0.3 is 9.84 Å². The highest BCUT2D eigenvalue weighted by atomic mass is 16.5. The molecule has 4 heteroatoms. The number of rotatable bonds is 32. The lowest BCUT2D eigenvalue weighted by Gasteiger charge is -2.18. The monoisotopic (exact) mass is 625 g/mol. The molecule has 256 valence electrons. The first-order valence-corrected chi connectivity index (χ1v) is 18.4. The van der Waals surface area contributed by atoms with Crippen LogP contribution in [0.15, 0.2) is 72.9 Å². The van der Waals surface area contributed by atoms with Gasteiger partial charge in [-0.25, -0.2) is 0 Å². The van der Waals surface area contributed by atoms with Gasteiger partial charge in [0.05, 0.1) is 0 Å². The second-order valence-electron chi connectivity index (χ2n) is 12.0. The Labute approximate surface area is 277 Å². The number of unbranched alkanes of at least 4 members (excludes halogenated alkanes) is 11. The lowest BCUT2D eigenvalue weighted by Crippen LogP contribution is -2.18. The van der Waals surface area contributed by atoms with E-state index in [-0.39, 0.29) is 12.1 Å². The van der Waals surface area contributed by atoms with Gasteiger partial charge in [-0.3, -0.25) is 9.59 Å². The molecule has 1 N–H and O–H groups in total. The third-order valence-corrected chi connectivity index (χ3v) is 7.69. The predicted molar refractivity (Wildman–Crippen MR) is 195 cm³/mol. The summed E-state index contributed by atoms with van der Waals surface area (Å²) in [5.41, 5.74) is 0. The number of hydrogen-bond acceptors (Lipinski definition) is 3. The molecule has 0 spiro atoms. The third kappa shape index (κ3) is 35.7. The van der Waals surface area contributed by atoms with Crippen LogP contribution in [0.25, 0.3) is 0 Å². The molecule has 0 saturated carbocycles. The molecule has 0 heterocycles. The van der Waals surface area contributed by atoms with Gasteiger partial charge in [0.25, 0.3) is 0 Å². The van der Waals surface area contributed by atoms with Gasteiger partial charge in [-0.15, -0.1) is 0 Å². The summed E-state index contributed by atoms with van der Waals surface area (Å²) in [5.74, 6) is -0.717. The lowest BCUT2D eigenvalue weighted by atomic mass is 10.0. The Morgan fingerprint density at radius 2 is 0.933 bits per heavy atom. The average molecular weight is 625 g/mol. The van der Waals surface area contributed by atoms with Crippen LogP contribution in [0.2, 0.25) is 0 Å². The van der Waals surface area contributed by atoms with E-state index in [0.29, 0.717) is 12.8 Å². The molecular weight excluding hydrogens is 556 g/mol. The molecule has 0 aromatic carbocycles. The van der Waals surface area contributed by atoms with E-state index in [4.69, 9.17) is 9.84 Å². The number of ether oxygens (including phenoxy) is 1. The molecule has 0 rings (SSSR count). The highest BCUT2D eigenvalue weighted by Gasteiger charge is 2.14. The summed E-state index contributed by atoms with van der Waals surface area (Å²) in [6.07, 6.45) is 50.9. The Bertz CT molecular complexity index is 846. The van der Waals surface area contributed by atoms with Crippen molar-refractivity contribution in [1.82, 2.24) is 0 Å². The first kappa shape index (κ1) is 42.4. The van der Waals surface area contributed by atoms with Crippen LogP contribution in [0.1, 0.15) is 168 Å². The minimum Gasteiger partial charge on any atom is -0.481 e. The molecule has 45 heavy (non-hydrogen) atoms.